The Kier molecular flexibility index (Phi) is 5.33. The monoisotopic (exact) mass is 221 g/mol. The summed E-state index contributed by atoms with van der Waals surface area (Å²) >= 11 is 0. The zero-order valence-corrected chi connectivity index (χ0v) is 10.8. The highest BCUT2D eigenvalue weighted by molar-refractivity contribution is 5.58. The molecule has 0 saturated carbocycles. The maximum atomic E-state index is 5.05. The second-order valence-corrected chi connectivity index (χ2v) is 4.47. The van der Waals surface area contributed by atoms with Gasteiger partial charge in [-0.25, -0.2) is 0 Å². The number of aryl methyl sites for hydroxylation is 1. The number of hydrogen-bond donors (Lipinski definition) is 1. The minimum Gasteiger partial charge on any atom is -0.385 e. The lowest BCUT2D eigenvalue weighted by molar-refractivity contribution is 0.198. The van der Waals surface area contributed by atoms with Crippen LogP contribution in [0.1, 0.15) is 37.3 Å². The molecule has 0 atom stereocenters. The molecule has 0 aliphatic heterocycles. The molecule has 0 spiro atoms. The van der Waals surface area contributed by atoms with Crippen LogP contribution in [-0.2, 0) is 4.74 Å². The summed E-state index contributed by atoms with van der Waals surface area (Å²) in [5, 5.41) is 3.52. The van der Waals surface area contributed by atoms with Crippen LogP contribution in [0, 0.1) is 6.92 Å². The average Bonchev–Trinajstić information content (AvgIpc) is 2.25. The summed E-state index contributed by atoms with van der Waals surface area (Å²) in [4.78, 5) is 0. The molecular formula is C14H23NO. The van der Waals surface area contributed by atoms with Crippen molar-refractivity contribution in [2.45, 2.75) is 33.1 Å². The van der Waals surface area contributed by atoms with Crippen molar-refractivity contribution in [3.05, 3.63) is 29.3 Å². The Morgan fingerprint density at radius 3 is 2.69 bits per heavy atom. The Labute approximate surface area is 99.0 Å². The third-order valence-corrected chi connectivity index (χ3v) is 2.75. The van der Waals surface area contributed by atoms with Gasteiger partial charge in [-0.2, -0.15) is 0 Å². The molecule has 0 saturated heterocycles. The fourth-order valence-electron chi connectivity index (χ4n) is 1.84. The molecule has 90 valence electrons. The molecule has 1 N–H and O–H groups in total. The minimum absolute atomic E-state index is 0.560. The average molecular weight is 221 g/mol. The minimum atomic E-state index is 0.560. The fraction of sp³-hybridized carbons (Fsp3) is 0.571. The molecule has 0 aromatic heterocycles. The summed E-state index contributed by atoms with van der Waals surface area (Å²) in [6.07, 6.45) is 1.04. The lowest BCUT2D eigenvalue weighted by Crippen LogP contribution is -2.08. The first-order valence-corrected chi connectivity index (χ1v) is 5.99. The van der Waals surface area contributed by atoms with Gasteiger partial charge in [0.1, 0.15) is 0 Å². The molecule has 1 aromatic rings. The van der Waals surface area contributed by atoms with Gasteiger partial charge < -0.3 is 10.1 Å². The van der Waals surface area contributed by atoms with E-state index in [1.165, 1.54) is 16.8 Å². The molecule has 0 unspecified atom stereocenters. The molecule has 1 rings (SSSR count). The third-order valence-electron chi connectivity index (χ3n) is 2.75. The van der Waals surface area contributed by atoms with Crippen LogP contribution in [0.2, 0.25) is 0 Å². The summed E-state index contributed by atoms with van der Waals surface area (Å²) in [5.41, 5.74) is 4.02. The van der Waals surface area contributed by atoms with Crippen molar-refractivity contribution in [2.75, 3.05) is 25.6 Å². The van der Waals surface area contributed by atoms with Crippen LogP contribution in [0.25, 0.3) is 0 Å². The van der Waals surface area contributed by atoms with Crippen molar-refractivity contribution >= 4 is 5.69 Å². The lowest BCUT2D eigenvalue weighted by Gasteiger charge is -2.17. The molecule has 0 heterocycles. The Bertz CT molecular complexity index is 321. The van der Waals surface area contributed by atoms with Gasteiger partial charge in [0.15, 0.2) is 0 Å². The van der Waals surface area contributed by atoms with E-state index in [1.807, 2.05) is 0 Å². The predicted octanol–water partition coefficient (Wildman–Crippen LogP) is 3.57. The third kappa shape index (κ3) is 3.53. The van der Waals surface area contributed by atoms with E-state index >= 15 is 0 Å². The van der Waals surface area contributed by atoms with Crippen molar-refractivity contribution in [3.63, 3.8) is 0 Å². The van der Waals surface area contributed by atoms with Crippen molar-refractivity contribution in [2.24, 2.45) is 0 Å². The van der Waals surface area contributed by atoms with Gasteiger partial charge in [-0.05, 0) is 30.4 Å². The zero-order valence-electron chi connectivity index (χ0n) is 10.8. The molecule has 2 heteroatoms. The van der Waals surface area contributed by atoms with Crippen molar-refractivity contribution < 1.29 is 4.74 Å². The van der Waals surface area contributed by atoms with Crippen LogP contribution in [0.3, 0.4) is 0 Å². The summed E-state index contributed by atoms with van der Waals surface area (Å²) in [6.45, 7) is 8.41. The molecule has 0 aliphatic rings. The van der Waals surface area contributed by atoms with Gasteiger partial charge in [0.2, 0.25) is 0 Å². The van der Waals surface area contributed by atoms with Gasteiger partial charge in [0.25, 0.3) is 0 Å². The van der Waals surface area contributed by atoms with Crippen molar-refractivity contribution in [1.82, 2.24) is 0 Å². The predicted molar refractivity (Wildman–Crippen MR) is 70.3 cm³/mol. The van der Waals surface area contributed by atoms with Gasteiger partial charge in [-0.15, -0.1) is 0 Å². The van der Waals surface area contributed by atoms with Gasteiger partial charge >= 0.3 is 0 Å². The first kappa shape index (κ1) is 13.0. The van der Waals surface area contributed by atoms with Crippen LogP contribution >= 0.6 is 0 Å². The molecule has 0 bridgehead atoms. The molecule has 1 aromatic carbocycles. The second-order valence-electron chi connectivity index (χ2n) is 4.47. The number of rotatable bonds is 6. The van der Waals surface area contributed by atoms with E-state index in [4.69, 9.17) is 4.74 Å². The fourth-order valence-corrected chi connectivity index (χ4v) is 1.84. The number of methoxy groups -OCH3 is 1. The highest BCUT2D eigenvalue weighted by Gasteiger charge is 2.07. The smallest absolute Gasteiger partial charge is 0.0479 e. The molecule has 16 heavy (non-hydrogen) atoms. The molecule has 0 aliphatic carbocycles. The number of benzene rings is 1. The van der Waals surface area contributed by atoms with E-state index < -0.39 is 0 Å². The van der Waals surface area contributed by atoms with Crippen LogP contribution < -0.4 is 5.32 Å². The highest BCUT2D eigenvalue weighted by atomic mass is 16.5. The van der Waals surface area contributed by atoms with E-state index in [0.29, 0.717) is 5.92 Å². The standard InChI is InChI=1S/C14H23NO/c1-11(2)13-8-5-7-12(3)14(13)15-9-6-10-16-4/h5,7-8,11,15H,6,9-10H2,1-4H3. The maximum Gasteiger partial charge on any atom is 0.0479 e. The molecule has 0 fully saturated rings. The molecule has 0 radical (unpaired) electrons. The Morgan fingerprint density at radius 2 is 2.06 bits per heavy atom. The number of anilines is 1. The van der Waals surface area contributed by atoms with Crippen LogP contribution in [0.15, 0.2) is 18.2 Å². The van der Waals surface area contributed by atoms with E-state index in [1.54, 1.807) is 7.11 Å². The van der Waals surface area contributed by atoms with Crippen molar-refractivity contribution in [3.8, 4) is 0 Å². The zero-order chi connectivity index (χ0) is 12.0. The number of ether oxygens (including phenoxy) is 1. The first-order chi connectivity index (χ1) is 7.66. The van der Waals surface area contributed by atoms with E-state index in [2.05, 4.69) is 44.3 Å². The normalized spacial score (nSPS) is 10.8. The summed E-state index contributed by atoms with van der Waals surface area (Å²) in [6, 6.07) is 6.49. The summed E-state index contributed by atoms with van der Waals surface area (Å²) in [5.74, 6) is 0.560. The summed E-state index contributed by atoms with van der Waals surface area (Å²) < 4.78 is 5.05. The quantitative estimate of drug-likeness (QED) is 0.741. The topological polar surface area (TPSA) is 21.3 Å². The lowest BCUT2D eigenvalue weighted by atomic mass is 9.98. The van der Waals surface area contributed by atoms with Gasteiger partial charge in [0, 0.05) is 25.9 Å². The maximum absolute atomic E-state index is 5.05. The van der Waals surface area contributed by atoms with Gasteiger partial charge in [-0.3, -0.25) is 0 Å². The van der Waals surface area contributed by atoms with E-state index in [0.717, 1.165) is 19.6 Å². The number of hydrogen-bond acceptors (Lipinski definition) is 2. The largest absolute Gasteiger partial charge is 0.385 e. The second kappa shape index (κ2) is 6.54. The van der Waals surface area contributed by atoms with Gasteiger partial charge in [0.05, 0.1) is 0 Å². The molecule has 2 nitrogen and oxygen atoms in total. The first-order valence-electron chi connectivity index (χ1n) is 5.99. The SMILES string of the molecule is COCCCNc1c(C)cccc1C(C)C. The number of para-hydroxylation sites is 1. The Balaban J connectivity index is 2.69. The van der Waals surface area contributed by atoms with Gasteiger partial charge in [-0.1, -0.05) is 32.0 Å². The van der Waals surface area contributed by atoms with Crippen LogP contribution in [0.5, 0.6) is 0 Å². The van der Waals surface area contributed by atoms with Crippen LogP contribution in [0.4, 0.5) is 5.69 Å². The number of nitrogens with one attached hydrogen (secondary N) is 1. The van der Waals surface area contributed by atoms with E-state index in [-0.39, 0.29) is 0 Å². The van der Waals surface area contributed by atoms with E-state index in [9.17, 15) is 0 Å². The molecular weight excluding hydrogens is 198 g/mol. The summed E-state index contributed by atoms with van der Waals surface area (Å²) in [7, 11) is 1.74. The van der Waals surface area contributed by atoms with Crippen molar-refractivity contribution in [1.29, 1.82) is 0 Å². The molecule has 0 amide bonds. The highest BCUT2D eigenvalue weighted by Crippen LogP contribution is 2.27. The Morgan fingerprint density at radius 1 is 1.31 bits per heavy atom. The Hall–Kier alpha value is -1.02. The van der Waals surface area contributed by atoms with Crippen LogP contribution in [-0.4, -0.2) is 20.3 Å².